The van der Waals surface area contributed by atoms with Crippen LogP contribution in [-0.4, -0.2) is 4.98 Å². The van der Waals surface area contributed by atoms with Crippen LogP contribution in [0.3, 0.4) is 0 Å². The molecule has 0 fully saturated rings. The highest BCUT2D eigenvalue weighted by Gasteiger charge is 2.45. The fraction of sp³-hybridized carbons (Fsp3) is 0.0357. The Morgan fingerprint density at radius 2 is 1.17 bits per heavy atom. The number of fused-ring (bicyclic) bond motifs is 5. The van der Waals surface area contributed by atoms with Gasteiger partial charge in [-0.2, -0.15) is 0 Å². The van der Waals surface area contributed by atoms with E-state index in [1.54, 1.807) is 0 Å². The lowest BCUT2D eigenvalue weighted by molar-refractivity contribution is 0.918. The van der Waals surface area contributed by atoms with Gasteiger partial charge in [-0.05, 0) is 16.5 Å². The molecule has 0 amide bonds. The smallest absolute Gasteiger partial charge is 0.123 e. The van der Waals surface area contributed by atoms with E-state index >= 15 is 0 Å². The summed E-state index contributed by atoms with van der Waals surface area (Å²) in [4.78, 5) is 4.46. The van der Waals surface area contributed by atoms with Gasteiger partial charge in [0.05, 0.1) is 11.4 Å². The first-order chi connectivity index (χ1) is 14.8. The maximum atomic E-state index is 7.59. The molecule has 1 unspecified atom stereocenters. The first-order valence-corrected chi connectivity index (χ1v) is 10.5. The minimum absolute atomic E-state index is 0.769. The molecule has 4 aromatic carbocycles. The van der Waals surface area contributed by atoms with Gasteiger partial charge in [0, 0.05) is 22.1 Å². The van der Waals surface area contributed by atoms with Crippen LogP contribution in [0.2, 0.25) is 0 Å². The van der Waals surface area contributed by atoms with Crippen molar-refractivity contribution in [1.82, 2.24) is 4.98 Å². The molecule has 1 aliphatic carbocycles. The first kappa shape index (κ1) is 17.4. The molecule has 0 saturated heterocycles. The first-order valence-electron chi connectivity index (χ1n) is 10.1. The summed E-state index contributed by atoms with van der Waals surface area (Å²) in [5, 5.41) is 2.27. The molecule has 30 heavy (non-hydrogen) atoms. The number of halogens is 1. The molecule has 6 rings (SSSR count). The van der Waals surface area contributed by atoms with Crippen LogP contribution in [0.15, 0.2) is 109 Å². The molecule has 1 heterocycles. The zero-order valence-electron chi connectivity index (χ0n) is 16.2. The lowest BCUT2D eigenvalue weighted by Crippen LogP contribution is -2.19. The van der Waals surface area contributed by atoms with Gasteiger partial charge in [-0.15, -0.1) is 11.6 Å². The van der Waals surface area contributed by atoms with E-state index in [0.717, 1.165) is 50.0 Å². The van der Waals surface area contributed by atoms with Crippen LogP contribution in [0.25, 0.3) is 33.3 Å². The second-order valence-electron chi connectivity index (χ2n) is 7.67. The number of hydrogen-bond acceptors (Lipinski definition) is 1. The van der Waals surface area contributed by atoms with E-state index in [0.29, 0.717) is 0 Å². The van der Waals surface area contributed by atoms with Crippen molar-refractivity contribution in [2.24, 2.45) is 0 Å². The van der Waals surface area contributed by atoms with E-state index in [4.69, 9.17) is 16.6 Å². The minimum Gasteiger partial charge on any atom is -0.247 e. The largest absolute Gasteiger partial charge is 0.247 e. The third kappa shape index (κ3) is 2.33. The van der Waals surface area contributed by atoms with Crippen LogP contribution in [0.1, 0.15) is 16.7 Å². The van der Waals surface area contributed by atoms with Crippen LogP contribution in [0.4, 0.5) is 0 Å². The second kappa shape index (κ2) is 6.55. The van der Waals surface area contributed by atoms with E-state index in [1.807, 2.05) is 24.3 Å². The highest BCUT2D eigenvalue weighted by Crippen LogP contribution is 2.57. The van der Waals surface area contributed by atoms with Gasteiger partial charge in [-0.25, -0.2) is 4.98 Å². The van der Waals surface area contributed by atoms with E-state index in [1.165, 1.54) is 0 Å². The summed E-state index contributed by atoms with van der Waals surface area (Å²) < 4.78 is 0. The normalized spacial score (nSPS) is 17.0. The standard InChI is InChI=1S/C28H18ClN/c29-28(20-13-5-2-6-14-20)24-18-10-9-17-23(24)27-25(28)21-15-7-8-16-22(21)26(30-27)19-11-3-1-4-12-19/h1-18H. The molecule has 1 aromatic heterocycles. The maximum absolute atomic E-state index is 7.59. The summed E-state index contributed by atoms with van der Waals surface area (Å²) in [6.45, 7) is 0. The molecule has 5 aromatic rings. The second-order valence-corrected chi connectivity index (χ2v) is 8.23. The number of rotatable bonds is 2. The lowest BCUT2D eigenvalue weighted by Gasteiger charge is -2.26. The molecule has 142 valence electrons. The van der Waals surface area contributed by atoms with Crippen molar-refractivity contribution in [2.75, 3.05) is 0 Å². The number of hydrogen-bond donors (Lipinski definition) is 0. The van der Waals surface area contributed by atoms with Gasteiger partial charge >= 0.3 is 0 Å². The van der Waals surface area contributed by atoms with Crippen molar-refractivity contribution in [1.29, 1.82) is 0 Å². The average Bonchev–Trinajstić information content (AvgIpc) is 3.09. The SMILES string of the molecule is ClC1(c2ccccc2)c2ccccc2-c2nc(-c3ccccc3)c3ccccc3c21. The van der Waals surface area contributed by atoms with Gasteiger partial charge in [0.2, 0.25) is 0 Å². The van der Waals surface area contributed by atoms with E-state index in [-0.39, 0.29) is 0 Å². The summed E-state index contributed by atoms with van der Waals surface area (Å²) in [6, 6.07) is 37.6. The van der Waals surface area contributed by atoms with E-state index < -0.39 is 4.87 Å². The monoisotopic (exact) mass is 403 g/mol. The molecule has 1 nitrogen and oxygen atoms in total. The predicted molar refractivity (Wildman–Crippen MR) is 125 cm³/mol. The molecular weight excluding hydrogens is 386 g/mol. The maximum Gasteiger partial charge on any atom is 0.123 e. The Bertz CT molecular complexity index is 1390. The number of benzene rings is 4. The Hall–Kier alpha value is -3.42. The van der Waals surface area contributed by atoms with Crippen molar-refractivity contribution >= 4 is 22.4 Å². The van der Waals surface area contributed by atoms with E-state index in [9.17, 15) is 0 Å². The van der Waals surface area contributed by atoms with Gasteiger partial charge in [-0.1, -0.05) is 109 Å². The Morgan fingerprint density at radius 1 is 0.567 bits per heavy atom. The van der Waals surface area contributed by atoms with Crippen LogP contribution in [-0.2, 0) is 4.87 Å². The van der Waals surface area contributed by atoms with Crippen molar-refractivity contribution < 1.29 is 0 Å². The fourth-order valence-electron chi connectivity index (χ4n) is 4.72. The predicted octanol–water partition coefficient (Wildman–Crippen LogP) is 7.41. The Morgan fingerprint density at radius 3 is 1.93 bits per heavy atom. The molecule has 0 N–H and O–H groups in total. The average molecular weight is 404 g/mol. The van der Waals surface area contributed by atoms with Gasteiger partial charge < -0.3 is 0 Å². The van der Waals surface area contributed by atoms with Gasteiger partial charge in [0.1, 0.15) is 4.87 Å². The summed E-state index contributed by atoms with van der Waals surface area (Å²) in [6.07, 6.45) is 0. The molecule has 1 aliphatic rings. The fourth-order valence-corrected chi connectivity index (χ4v) is 5.20. The molecule has 2 heteroatoms. The van der Waals surface area contributed by atoms with Crippen LogP contribution in [0.5, 0.6) is 0 Å². The molecule has 0 radical (unpaired) electrons. The third-order valence-corrected chi connectivity index (χ3v) is 6.64. The topological polar surface area (TPSA) is 12.9 Å². The van der Waals surface area contributed by atoms with E-state index in [2.05, 4.69) is 84.9 Å². The van der Waals surface area contributed by atoms with Gasteiger partial charge in [0.15, 0.2) is 0 Å². The number of nitrogens with zero attached hydrogens (tertiary/aromatic N) is 1. The number of pyridine rings is 1. The third-order valence-electron chi connectivity index (χ3n) is 6.03. The number of alkyl halides is 1. The van der Waals surface area contributed by atoms with Crippen molar-refractivity contribution in [3.05, 3.63) is 126 Å². The van der Waals surface area contributed by atoms with Crippen molar-refractivity contribution in [3.63, 3.8) is 0 Å². The molecule has 0 spiro atoms. The molecular formula is C28H18ClN. The summed E-state index contributed by atoms with van der Waals surface area (Å²) in [7, 11) is 0. The Balaban J connectivity index is 1.79. The zero-order valence-corrected chi connectivity index (χ0v) is 17.0. The summed E-state index contributed by atoms with van der Waals surface area (Å²) >= 11 is 7.59. The Labute approximate surface area is 180 Å². The van der Waals surface area contributed by atoms with Crippen LogP contribution >= 0.6 is 11.6 Å². The van der Waals surface area contributed by atoms with Crippen molar-refractivity contribution in [3.8, 4) is 22.5 Å². The molecule has 0 saturated carbocycles. The summed E-state index contributed by atoms with van der Waals surface area (Å²) in [5.41, 5.74) is 7.42. The van der Waals surface area contributed by atoms with Gasteiger partial charge in [-0.3, -0.25) is 0 Å². The molecule has 0 bridgehead atoms. The Kier molecular flexibility index (Phi) is 3.81. The quantitative estimate of drug-likeness (QED) is 0.279. The number of aromatic nitrogens is 1. The molecule has 1 atom stereocenters. The highest BCUT2D eigenvalue weighted by atomic mass is 35.5. The lowest BCUT2D eigenvalue weighted by atomic mass is 9.86. The van der Waals surface area contributed by atoms with Crippen molar-refractivity contribution in [2.45, 2.75) is 4.87 Å². The summed E-state index contributed by atoms with van der Waals surface area (Å²) in [5.74, 6) is 0. The minimum atomic E-state index is -0.769. The van der Waals surface area contributed by atoms with Gasteiger partial charge in [0.25, 0.3) is 0 Å². The highest BCUT2D eigenvalue weighted by molar-refractivity contribution is 6.32. The zero-order chi connectivity index (χ0) is 20.1. The van der Waals surface area contributed by atoms with Crippen LogP contribution in [0, 0.1) is 0 Å². The van der Waals surface area contributed by atoms with Crippen LogP contribution < -0.4 is 0 Å². The molecule has 0 aliphatic heterocycles.